The lowest BCUT2D eigenvalue weighted by atomic mass is 10.2. The van der Waals surface area contributed by atoms with Crippen molar-refractivity contribution in [1.29, 1.82) is 5.26 Å². The van der Waals surface area contributed by atoms with Gasteiger partial charge in [0.15, 0.2) is 0 Å². The third-order valence-corrected chi connectivity index (χ3v) is 2.19. The lowest BCUT2D eigenvalue weighted by Crippen LogP contribution is -2.20. The van der Waals surface area contributed by atoms with Crippen LogP contribution >= 0.6 is 11.6 Å². The first kappa shape index (κ1) is 9.87. The van der Waals surface area contributed by atoms with Crippen LogP contribution in [-0.4, -0.2) is 9.78 Å². The Bertz CT molecular complexity index is 399. The largest absolute Gasteiger partial charge is 0.298 e. The zero-order valence-corrected chi connectivity index (χ0v) is 8.22. The summed E-state index contributed by atoms with van der Waals surface area (Å²) in [7, 11) is 0. The van der Waals surface area contributed by atoms with Gasteiger partial charge < -0.3 is 0 Å². The second-order valence-corrected chi connectivity index (χ2v) is 3.37. The first-order valence-corrected chi connectivity index (χ1v) is 4.28. The molecular formula is C8H10ClN3O. The second-order valence-electron chi connectivity index (χ2n) is 3.00. The van der Waals surface area contributed by atoms with Gasteiger partial charge in [0.2, 0.25) is 0 Å². The first-order valence-electron chi connectivity index (χ1n) is 3.90. The van der Waals surface area contributed by atoms with Crippen molar-refractivity contribution >= 4 is 11.6 Å². The fourth-order valence-corrected chi connectivity index (χ4v) is 1.17. The number of halogens is 1. The molecule has 0 fully saturated rings. The Morgan fingerprint density at radius 1 is 1.77 bits per heavy atom. The smallest absolute Gasteiger partial charge is 0.285 e. The molecule has 0 amide bonds. The monoisotopic (exact) mass is 199 g/mol. The molecule has 0 saturated carbocycles. The van der Waals surface area contributed by atoms with Gasteiger partial charge in [-0.05, 0) is 13.8 Å². The molecule has 1 unspecified atom stereocenters. The number of aromatic amines is 1. The number of aryl methyl sites for hydroxylation is 1. The topological polar surface area (TPSA) is 61.6 Å². The maximum Gasteiger partial charge on any atom is 0.285 e. The molecule has 1 heterocycles. The summed E-state index contributed by atoms with van der Waals surface area (Å²) in [6.07, 6.45) is 0. The number of hydrogen-bond donors (Lipinski definition) is 1. The van der Waals surface area contributed by atoms with E-state index in [1.54, 1.807) is 13.8 Å². The standard InChI is InChI=1S/C8H10ClN3O/c1-5(3-10)4-12-8(13)7(9)6(2)11-12/h5,11H,4H2,1-2H3. The van der Waals surface area contributed by atoms with Crippen molar-refractivity contribution in [2.24, 2.45) is 5.92 Å². The summed E-state index contributed by atoms with van der Waals surface area (Å²) in [4.78, 5) is 11.3. The molecule has 0 bridgehead atoms. The Balaban J connectivity index is 2.98. The first-order chi connectivity index (χ1) is 6.06. The Kier molecular flexibility index (Phi) is 2.79. The van der Waals surface area contributed by atoms with E-state index in [1.807, 2.05) is 6.07 Å². The van der Waals surface area contributed by atoms with Gasteiger partial charge in [-0.25, -0.2) is 0 Å². The Labute approximate surface area is 80.7 Å². The molecule has 1 aromatic rings. The molecule has 0 spiro atoms. The molecule has 5 heteroatoms. The van der Waals surface area contributed by atoms with Crippen LogP contribution in [0.3, 0.4) is 0 Å². The lowest BCUT2D eigenvalue weighted by Gasteiger charge is -2.01. The van der Waals surface area contributed by atoms with E-state index in [0.29, 0.717) is 12.2 Å². The number of hydrogen-bond acceptors (Lipinski definition) is 2. The highest BCUT2D eigenvalue weighted by atomic mass is 35.5. The molecule has 1 aromatic heterocycles. The fraction of sp³-hybridized carbons (Fsp3) is 0.500. The van der Waals surface area contributed by atoms with Crippen LogP contribution in [0.5, 0.6) is 0 Å². The van der Waals surface area contributed by atoms with Crippen LogP contribution in [0.4, 0.5) is 0 Å². The number of rotatable bonds is 2. The Hall–Kier alpha value is -1.21. The highest BCUT2D eigenvalue weighted by molar-refractivity contribution is 6.31. The zero-order chi connectivity index (χ0) is 10.0. The third kappa shape index (κ3) is 1.93. The van der Waals surface area contributed by atoms with Crippen LogP contribution in [0, 0.1) is 24.2 Å². The average Bonchev–Trinajstić information content (AvgIpc) is 2.34. The molecule has 0 aromatic carbocycles. The van der Waals surface area contributed by atoms with Crippen LogP contribution in [0.15, 0.2) is 4.79 Å². The molecule has 0 aliphatic carbocycles. The average molecular weight is 200 g/mol. The van der Waals surface area contributed by atoms with E-state index < -0.39 is 0 Å². The van der Waals surface area contributed by atoms with Gasteiger partial charge in [-0.1, -0.05) is 11.6 Å². The minimum absolute atomic E-state index is 0.199. The van der Waals surface area contributed by atoms with Gasteiger partial charge in [0.1, 0.15) is 5.02 Å². The van der Waals surface area contributed by atoms with E-state index >= 15 is 0 Å². The number of nitrogens with one attached hydrogen (secondary N) is 1. The van der Waals surface area contributed by atoms with E-state index in [1.165, 1.54) is 4.68 Å². The normalized spacial score (nSPS) is 12.5. The van der Waals surface area contributed by atoms with Crippen molar-refractivity contribution in [3.63, 3.8) is 0 Å². The van der Waals surface area contributed by atoms with Gasteiger partial charge in [-0.2, -0.15) is 5.26 Å². The summed E-state index contributed by atoms with van der Waals surface area (Å²) < 4.78 is 1.35. The van der Waals surface area contributed by atoms with Crippen molar-refractivity contribution in [3.8, 4) is 6.07 Å². The Morgan fingerprint density at radius 3 is 2.77 bits per heavy atom. The van der Waals surface area contributed by atoms with Crippen molar-refractivity contribution in [3.05, 3.63) is 21.1 Å². The summed E-state index contributed by atoms with van der Waals surface area (Å²) in [5.41, 5.74) is 0.373. The van der Waals surface area contributed by atoms with Crippen LogP contribution in [0.25, 0.3) is 0 Å². The van der Waals surface area contributed by atoms with Crippen LogP contribution < -0.4 is 5.56 Å². The predicted molar refractivity (Wildman–Crippen MR) is 49.6 cm³/mol. The summed E-state index contributed by atoms with van der Waals surface area (Å²) in [6, 6.07) is 2.05. The van der Waals surface area contributed by atoms with E-state index in [4.69, 9.17) is 16.9 Å². The van der Waals surface area contributed by atoms with E-state index in [2.05, 4.69) is 5.10 Å². The molecule has 13 heavy (non-hydrogen) atoms. The van der Waals surface area contributed by atoms with E-state index in [9.17, 15) is 4.79 Å². The second kappa shape index (κ2) is 3.67. The lowest BCUT2D eigenvalue weighted by molar-refractivity contribution is 0.513. The van der Waals surface area contributed by atoms with Gasteiger partial charge in [0, 0.05) is 0 Å². The maximum atomic E-state index is 11.3. The minimum Gasteiger partial charge on any atom is -0.298 e. The number of aromatic nitrogens is 2. The molecular weight excluding hydrogens is 190 g/mol. The third-order valence-electron chi connectivity index (χ3n) is 1.74. The number of H-pyrrole nitrogens is 1. The van der Waals surface area contributed by atoms with Crippen molar-refractivity contribution in [2.75, 3.05) is 0 Å². The molecule has 4 nitrogen and oxygen atoms in total. The maximum absolute atomic E-state index is 11.3. The minimum atomic E-state index is -0.263. The van der Waals surface area contributed by atoms with Gasteiger partial charge in [-0.15, -0.1) is 0 Å². The molecule has 1 rings (SSSR count). The molecule has 1 atom stereocenters. The van der Waals surface area contributed by atoms with Crippen LogP contribution in [0.2, 0.25) is 5.02 Å². The number of nitrogens with zero attached hydrogens (tertiary/aromatic N) is 2. The summed E-state index contributed by atoms with van der Waals surface area (Å²) in [5, 5.41) is 11.5. The number of nitriles is 1. The van der Waals surface area contributed by atoms with Gasteiger partial charge in [0.25, 0.3) is 5.56 Å². The summed E-state index contributed by atoms with van der Waals surface area (Å²) in [5.74, 6) is -0.202. The van der Waals surface area contributed by atoms with Gasteiger partial charge in [-0.3, -0.25) is 14.6 Å². The Morgan fingerprint density at radius 2 is 2.38 bits per heavy atom. The predicted octanol–water partition coefficient (Wildman–Crippen LogP) is 1.30. The molecule has 0 aliphatic rings. The van der Waals surface area contributed by atoms with E-state index in [-0.39, 0.29) is 16.5 Å². The van der Waals surface area contributed by atoms with Crippen molar-refractivity contribution in [2.45, 2.75) is 20.4 Å². The molecule has 70 valence electrons. The SMILES string of the molecule is Cc1[nH]n(CC(C)C#N)c(=O)c1Cl. The van der Waals surface area contributed by atoms with Crippen molar-refractivity contribution in [1.82, 2.24) is 9.78 Å². The molecule has 0 aliphatic heterocycles. The summed E-state index contributed by atoms with van der Waals surface area (Å²) >= 11 is 5.68. The van der Waals surface area contributed by atoms with Crippen LogP contribution in [0.1, 0.15) is 12.6 Å². The van der Waals surface area contributed by atoms with Gasteiger partial charge >= 0.3 is 0 Å². The van der Waals surface area contributed by atoms with Gasteiger partial charge in [0.05, 0.1) is 24.2 Å². The quantitative estimate of drug-likeness (QED) is 0.781. The molecule has 1 N–H and O–H groups in total. The highest BCUT2D eigenvalue weighted by Crippen LogP contribution is 2.06. The van der Waals surface area contributed by atoms with Crippen molar-refractivity contribution < 1.29 is 0 Å². The molecule has 0 saturated heterocycles. The van der Waals surface area contributed by atoms with E-state index in [0.717, 1.165) is 0 Å². The zero-order valence-electron chi connectivity index (χ0n) is 7.47. The molecule has 0 radical (unpaired) electrons. The highest BCUT2D eigenvalue weighted by Gasteiger charge is 2.10. The fourth-order valence-electron chi connectivity index (χ4n) is 1.02. The summed E-state index contributed by atoms with van der Waals surface area (Å²) in [6.45, 7) is 3.82. The van der Waals surface area contributed by atoms with Crippen LogP contribution in [-0.2, 0) is 6.54 Å².